The van der Waals surface area contributed by atoms with Crippen molar-refractivity contribution in [3.63, 3.8) is 0 Å². The Morgan fingerprint density at radius 1 is 1.56 bits per heavy atom. The van der Waals surface area contributed by atoms with Crippen molar-refractivity contribution < 1.29 is 19.3 Å². The molecule has 1 aliphatic rings. The lowest BCUT2D eigenvalue weighted by molar-refractivity contribution is -0.421. The van der Waals surface area contributed by atoms with E-state index in [1.54, 1.807) is 13.8 Å². The second-order valence-corrected chi connectivity index (χ2v) is 6.11. The third-order valence-electron chi connectivity index (χ3n) is 3.31. The molecule has 0 spiro atoms. The second kappa shape index (κ2) is 4.93. The zero-order chi connectivity index (χ0) is 14.1. The molecule has 0 aromatic heterocycles. The van der Waals surface area contributed by atoms with E-state index < -0.39 is 23.7 Å². The summed E-state index contributed by atoms with van der Waals surface area (Å²) in [4.78, 5) is 29.1. The van der Waals surface area contributed by atoms with E-state index >= 15 is 0 Å². The molecule has 102 valence electrons. The third kappa shape index (κ3) is 2.27. The highest BCUT2D eigenvalue weighted by Crippen LogP contribution is 2.56. The Labute approximate surface area is 105 Å². The molecule has 1 aliphatic carbocycles. The van der Waals surface area contributed by atoms with Crippen molar-refractivity contribution in [2.45, 2.75) is 32.0 Å². The van der Waals surface area contributed by atoms with E-state index in [9.17, 15) is 24.5 Å². The molecule has 0 saturated carbocycles. The van der Waals surface area contributed by atoms with Crippen LogP contribution in [0.3, 0.4) is 0 Å². The Kier molecular flexibility index (Phi) is 4.12. The van der Waals surface area contributed by atoms with Crippen molar-refractivity contribution in [2.24, 2.45) is 11.7 Å². The standard InChI is InChI=1S/C10H17N2O5P/c1-3-7-8(4-2)10(11,18(15,16)17)6-5-9(7)12(13)14/h5-6,8H,3-4,11H2,1-2H3,(H2,15,16,17). The van der Waals surface area contributed by atoms with E-state index in [0.29, 0.717) is 18.4 Å². The van der Waals surface area contributed by atoms with Gasteiger partial charge in [-0.2, -0.15) is 0 Å². The van der Waals surface area contributed by atoms with E-state index in [-0.39, 0.29) is 5.70 Å². The van der Waals surface area contributed by atoms with Crippen LogP contribution in [0.4, 0.5) is 0 Å². The summed E-state index contributed by atoms with van der Waals surface area (Å²) in [6.45, 7) is 3.41. The number of nitrogens with two attached hydrogens (primary N) is 1. The van der Waals surface area contributed by atoms with Crippen LogP contribution in [0, 0.1) is 16.0 Å². The molecule has 0 aliphatic heterocycles. The number of allylic oxidation sites excluding steroid dienone is 1. The van der Waals surface area contributed by atoms with Crippen molar-refractivity contribution >= 4 is 7.60 Å². The van der Waals surface area contributed by atoms with Crippen LogP contribution in [0.2, 0.25) is 0 Å². The highest BCUT2D eigenvalue weighted by molar-refractivity contribution is 7.53. The monoisotopic (exact) mass is 276 g/mol. The van der Waals surface area contributed by atoms with Crippen molar-refractivity contribution in [3.8, 4) is 0 Å². The molecule has 1 rings (SSSR count). The maximum absolute atomic E-state index is 11.5. The summed E-state index contributed by atoms with van der Waals surface area (Å²) in [5, 5.41) is 9.05. The van der Waals surface area contributed by atoms with Gasteiger partial charge in [-0.3, -0.25) is 14.7 Å². The van der Waals surface area contributed by atoms with Gasteiger partial charge in [0.25, 0.3) is 5.70 Å². The zero-order valence-electron chi connectivity index (χ0n) is 10.2. The first kappa shape index (κ1) is 15.0. The van der Waals surface area contributed by atoms with Gasteiger partial charge in [-0.25, -0.2) is 0 Å². The lowest BCUT2D eigenvalue weighted by Gasteiger charge is -2.37. The Morgan fingerprint density at radius 2 is 2.11 bits per heavy atom. The van der Waals surface area contributed by atoms with Crippen LogP contribution in [-0.2, 0) is 4.57 Å². The van der Waals surface area contributed by atoms with Crippen molar-refractivity contribution in [1.29, 1.82) is 0 Å². The lowest BCUT2D eigenvalue weighted by atomic mass is 9.82. The number of nitro groups is 1. The molecule has 0 amide bonds. The summed E-state index contributed by atoms with van der Waals surface area (Å²) < 4.78 is 11.5. The van der Waals surface area contributed by atoms with Crippen LogP contribution in [0.5, 0.6) is 0 Å². The van der Waals surface area contributed by atoms with Gasteiger partial charge in [0, 0.05) is 17.6 Å². The fourth-order valence-corrected chi connectivity index (χ4v) is 3.39. The molecule has 18 heavy (non-hydrogen) atoms. The molecule has 0 aromatic rings. The van der Waals surface area contributed by atoms with Crippen LogP contribution in [0.25, 0.3) is 0 Å². The van der Waals surface area contributed by atoms with Crippen molar-refractivity contribution in [1.82, 2.24) is 0 Å². The Bertz CT molecular complexity index is 467. The number of nitrogens with zero attached hydrogens (tertiary/aromatic N) is 1. The van der Waals surface area contributed by atoms with Gasteiger partial charge in [0.2, 0.25) is 0 Å². The Balaban J connectivity index is 3.42. The molecule has 0 fully saturated rings. The molecule has 0 saturated heterocycles. The first-order valence-electron chi connectivity index (χ1n) is 5.60. The molecule has 0 heterocycles. The fraction of sp³-hybridized carbons (Fsp3) is 0.600. The Morgan fingerprint density at radius 3 is 2.44 bits per heavy atom. The summed E-state index contributed by atoms with van der Waals surface area (Å²) in [6, 6.07) is 0. The van der Waals surface area contributed by atoms with E-state index in [1.165, 1.54) is 0 Å². The largest absolute Gasteiger partial charge is 0.349 e. The molecule has 0 bridgehead atoms. The summed E-state index contributed by atoms with van der Waals surface area (Å²) in [6.07, 6.45) is 2.83. The highest BCUT2D eigenvalue weighted by Gasteiger charge is 2.51. The van der Waals surface area contributed by atoms with Crippen molar-refractivity contribution in [2.75, 3.05) is 0 Å². The average Bonchev–Trinajstić information content (AvgIpc) is 2.26. The SMILES string of the molecule is CCC1=C([N+](=O)[O-])C=CC(N)(P(=O)(O)O)C1CC. The predicted molar refractivity (Wildman–Crippen MR) is 66.2 cm³/mol. The lowest BCUT2D eigenvalue weighted by Crippen LogP contribution is -2.47. The molecule has 0 aromatic carbocycles. The minimum Gasteiger partial charge on any atom is -0.323 e. The fourth-order valence-electron chi connectivity index (χ4n) is 2.37. The summed E-state index contributed by atoms with van der Waals surface area (Å²) in [5.41, 5.74) is 6.09. The summed E-state index contributed by atoms with van der Waals surface area (Å²) >= 11 is 0. The summed E-state index contributed by atoms with van der Waals surface area (Å²) in [5.74, 6) is -0.728. The van der Waals surface area contributed by atoms with E-state index in [4.69, 9.17) is 5.73 Å². The molecule has 7 nitrogen and oxygen atoms in total. The van der Waals surface area contributed by atoms with Gasteiger partial charge in [-0.05, 0) is 18.9 Å². The maximum atomic E-state index is 11.5. The van der Waals surface area contributed by atoms with Crippen LogP contribution in [0.1, 0.15) is 26.7 Å². The van der Waals surface area contributed by atoms with E-state index in [2.05, 4.69) is 0 Å². The first-order chi connectivity index (χ1) is 8.19. The van der Waals surface area contributed by atoms with Crippen molar-refractivity contribution in [3.05, 3.63) is 33.5 Å². The third-order valence-corrected chi connectivity index (χ3v) is 4.78. The van der Waals surface area contributed by atoms with Gasteiger partial charge < -0.3 is 15.5 Å². The van der Waals surface area contributed by atoms with E-state index in [0.717, 1.165) is 12.2 Å². The van der Waals surface area contributed by atoms with Crippen LogP contribution >= 0.6 is 7.60 Å². The van der Waals surface area contributed by atoms with Crippen LogP contribution < -0.4 is 5.73 Å². The zero-order valence-corrected chi connectivity index (χ0v) is 11.1. The minimum atomic E-state index is -4.60. The maximum Gasteiger partial charge on any atom is 0.349 e. The van der Waals surface area contributed by atoms with Gasteiger partial charge in [-0.15, -0.1) is 0 Å². The molecule has 8 heteroatoms. The van der Waals surface area contributed by atoms with Gasteiger partial charge in [0.05, 0.1) is 4.92 Å². The normalized spacial score (nSPS) is 28.6. The van der Waals surface area contributed by atoms with Gasteiger partial charge in [-0.1, -0.05) is 13.8 Å². The quantitative estimate of drug-likeness (QED) is 0.404. The first-order valence-corrected chi connectivity index (χ1v) is 7.21. The molecular formula is C10H17N2O5P. The average molecular weight is 276 g/mol. The molecule has 2 atom stereocenters. The second-order valence-electron chi connectivity index (χ2n) is 4.25. The number of rotatable bonds is 4. The molecule has 2 unspecified atom stereocenters. The number of hydrogen-bond donors (Lipinski definition) is 3. The van der Waals surface area contributed by atoms with Gasteiger partial charge in [0.1, 0.15) is 5.28 Å². The molecule has 0 radical (unpaired) electrons. The van der Waals surface area contributed by atoms with E-state index in [1.807, 2.05) is 0 Å². The van der Waals surface area contributed by atoms with Gasteiger partial charge >= 0.3 is 7.60 Å². The smallest absolute Gasteiger partial charge is 0.323 e. The summed E-state index contributed by atoms with van der Waals surface area (Å²) in [7, 11) is -4.60. The number of hydrogen-bond acceptors (Lipinski definition) is 4. The van der Waals surface area contributed by atoms with Gasteiger partial charge in [0.15, 0.2) is 0 Å². The molecular weight excluding hydrogens is 259 g/mol. The predicted octanol–water partition coefficient (Wildman–Crippen LogP) is 1.36. The highest BCUT2D eigenvalue weighted by atomic mass is 31.2. The Hall–Kier alpha value is -1.01. The topological polar surface area (TPSA) is 127 Å². The van der Waals surface area contributed by atoms with Crippen LogP contribution in [-0.4, -0.2) is 20.0 Å². The molecule has 4 N–H and O–H groups in total. The minimum absolute atomic E-state index is 0.112. The van der Waals surface area contributed by atoms with Crippen LogP contribution in [0.15, 0.2) is 23.4 Å².